The maximum absolute atomic E-state index is 5.13. The van der Waals surface area contributed by atoms with Crippen molar-refractivity contribution in [2.45, 2.75) is 40.3 Å². The van der Waals surface area contributed by atoms with Crippen LogP contribution >= 0.6 is 24.0 Å². The van der Waals surface area contributed by atoms with Crippen LogP contribution in [0.3, 0.4) is 0 Å². The number of halogens is 1. The molecule has 0 bridgehead atoms. The first-order valence-electron chi connectivity index (χ1n) is 8.16. The van der Waals surface area contributed by atoms with E-state index in [0.717, 1.165) is 50.0 Å². The molecule has 1 heterocycles. The van der Waals surface area contributed by atoms with E-state index in [9.17, 15) is 0 Å². The average molecular weight is 453 g/mol. The predicted molar refractivity (Wildman–Crippen MR) is 108 cm³/mol. The summed E-state index contributed by atoms with van der Waals surface area (Å²) in [7, 11) is 3.42. The lowest BCUT2D eigenvalue weighted by Gasteiger charge is -2.11. The Balaban J connectivity index is 0.00000529. The highest BCUT2D eigenvalue weighted by Gasteiger charge is 2.11. The zero-order valence-corrected chi connectivity index (χ0v) is 17.8. The van der Waals surface area contributed by atoms with Crippen LogP contribution in [-0.4, -0.2) is 56.3 Å². The van der Waals surface area contributed by atoms with E-state index in [1.165, 1.54) is 5.56 Å². The van der Waals surface area contributed by atoms with Crippen molar-refractivity contribution in [3.8, 4) is 0 Å². The quantitative estimate of drug-likeness (QED) is 0.245. The molecule has 1 aromatic rings. The van der Waals surface area contributed by atoms with Crippen molar-refractivity contribution in [1.29, 1.82) is 0 Å². The average Bonchev–Trinajstić information content (AvgIpc) is 2.81. The number of nitrogens with one attached hydrogen (secondary N) is 2. The highest BCUT2D eigenvalue weighted by molar-refractivity contribution is 14.0. The van der Waals surface area contributed by atoms with E-state index in [1.54, 1.807) is 14.2 Å². The minimum Gasteiger partial charge on any atom is -0.385 e. The van der Waals surface area contributed by atoms with Gasteiger partial charge in [0.15, 0.2) is 5.96 Å². The summed E-state index contributed by atoms with van der Waals surface area (Å²) in [4.78, 5) is 4.67. The molecule has 0 aliphatic carbocycles. The Morgan fingerprint density at radius 1 is 1.17 bits per heavy atom. The molecule has 2 N–H and O–H groups in total. The first-order chi connectivity index (χ1) is 11.1. The van der Waals surface area contributed by atoms with Gasteiger partial charge < -0.3 is 20.1 Å². The molecule has 0 saturated carbocycles. The third-order valence-electron chi connectivity index (χ3n) is 3.60. The summed E-state index contributed by atoms with van der Waals surface area (Å²) in [5.41, 5.74) is 3.35. The first kappa shape index (κ1) is 23.1. The zero-order chi connectivity index (χ0) is 17.1. The number of aromatic nitrogens is 2. The molecule has 7 nitrogen and oxygen atoms in total. The molecule has 0 amide bonds. The Bertz CT molecular complexity index is 491. The van der Waals surface area contributed by atoms with E-state index < -0.39 is 0 Å². The van der Waals surface area contributed by atoms with Crippen LogP contribution in [0.1, 0.15) is 30.3 Å². The van der Waals surface area contributed by atoms with Gasteiger partial charge in [-0.3, -0.25) is 4.68 Å². The van der Waals surface area contributed by atoms with Crippen LogP contribution in [0.5, 0.6) is 0 Å². The van der Waals surface area contributed by atoms with Crippen LogP contribution in [0, 0.1) is 13.8 Å². The standard InChI is InChI=1S/C16H31N5O2.HI/c1-6-17-16(18-8-7-10-22-4)19-12-15-13(2)20-21(14(15)3)9-11-23-5;/h6-12H2,1-5H3,(H2,17,18,19);1H. The summed E-state index contributed by atoms with van der Waals surface area (Å²) in [6.45, 7) is 10.6. The van der Waals surface area contributed by atoms with Crippen LogP contribution < -0.4 is 10.6 Å². The summed E-state index contributed by atoms with van der Waals surface area (Å²) >= 11 is 0. The smallest absolute Gasteiger partial charge is 0.191 e. The third-order valence-corrected chi connectivity index (χ3v) is 3.60. The minimum absolute atomic E-state index is 0. The van der Waals surface area contributed by atoms with Gasteiger partial charge in [0.1, 0.15) is 0 Å². The molecule has 0 radical (unpaired) electrons. The van der Waals surface area contributed by atoms with Crippen molar-refractivity contribution in [1.82, 2.24) is 20.4 Å². The van der Waals surface area contributed by atoms with Gasteiger partial charge in [-0.15, -0.1) is 24.0 Å². The predicted octanol–water partition coefficient (Wildman–Crippen LogP) is 1.86. The Morgan fingerprint density at radius 2 is 1.88 bits per heavy atom. The molecule has 140 valence electrons. The summed E-state index contributed by atoms with van der Waals surface area (Å²) < 4.78 is 12.2. The van der Waals surface area contributed by atoms with Gasteiger partial charge in [0.05, 0.1) is 25.4 Å². The fourth-order valence-electron chi connectivity index (χ4n) is 2.28. The van der Waals surface area contributed by atoms with E-state index in [0.29, 0.717) is 13.2 Å². The molecule has 0 fully saturated rings. The Labute approximate surface area is 162 Å². The van der Waals surface area contributed by atoms with Gasteiger partial charge >= 0.3 is 0 Å². The molecule has 0 aliphatic heterocycles. The zero-order valence-electron chi connectivity index (χ0n) is 15.5. The van der Waals surface area contributed by atoms with Gasteiger partial charge in [0.2, 0.25) is 0 Å². The SMILES string of the molecule is CCNC(=NCc1c(C)nn(CCOC)c1C)NCCCOC.I. The Kier molecular flexibility index (Phi) is 12.9. The number of nitrogens with zero attached hydrogens (tertiary/aromatic N) is 3. The lowest BCUT2D eigenvalue weighted by molar-refractivity contribution is 0.182. The van der Waals surface area contributed by atoms with Gasteiger partial charge in [-0.05, 0) is 27.2 Å². The molecule has 1 aromatic heterocycles. The van der Waals surface area contributed by atoms with Gasteiger partial charge in [0, 0.05) is 45.2 Å². The number of rotatable bonds is 10. The minimum atomic E-state index is 0. The normalized spacial score (nSPS) is 11.3. The van der Waals surface area contributed by atoms with Gasteiger partial charge in [-0.2, -0.15) is 5.10 Å². The van der Waals surface area contributed by atoms with Gasteiger partial charge in [0.25, 0.3) is 0 Å². The highest BCUT2D eigenvalue weighted by atomic mass is 127. The number of aliphatic imine (C=N–C) groups is 1. The van der Waals surface area contributed by atoms with Crippen molar-refractivity contribution in [3.05, 3.63) is 17.0 Å². The second-order valence-corrected chi connectivity index (χ2v) is 5.33. The van der Waals surface area contributed by atoms with Crippen LogP contribution in [0.25, 0.3) is 0 Å². The molecule has 0 aliphatic rings. The number of hydrogen-bond acceptors (Lipinski definition) is 4. The van der Waals surface area contributed by atoms with E-state index >= 15 is 0 Å². The molecule has 0 saturated heterocycles. The molecule has 0 unspecified atom stereocenters. The molecule has 0 aromatic carbocycles. The van der Waals surface area contributed by atoms with Crippen LogP contribution in [0.15, 0.2) is 4.99 Å². The molecule has 8 heteroatoms. The second kappa shape index (κ2) is 13.4. The van der Waals surface area contributed by atoms with E-state index in [-0.39, 0.29) is 24.0 Å². The van der Waals surface area contributed by atoms with E-state index in [1.807, 2.05) is 11.6 Å². The Hall–Kier alpha value is -0.870. The molecular formula is C16H32IN5O2. The van der Waals surface area contributed by atoms with Crippen LogP contribution in [0.4, 0.5) is 0 Å². The third kappa shape index (κ3) is 7.80. The largest absolute Gasteiger partial charge is 0.385 e. The fraction of sp³-hybridized carbons (Fsp3) is 0.750. The topological polar surface area (TPSA) is 72.7 Å². The molecular weight excluding hydrogens is 421 g/mol. The van der Waals surface area contributed by atoms with Crippen molar-refractivity contribution < 1.29 is 9.47 Å². The fourth-order valence-corrected chi connectivity index (χ4v) is 2.28. The van der Waals surface area contributed by atoms with Crippen molar-refractivity contribution in [2.24, 2.45) is 4.99 Å². The van der Waals surface area contributed by atoms with E-state index in [2.05, 4.69) is 34.6 Å². The first-order valence-corrected chi connectivity index (χ1v) is 8.16. The summed E-state index contributed by atoms with van der Waals surface area (Å²) in [5, 5.41) is 11.1. The summed E-state index contributed by atoms with van der Waals surface area (Å²) in [6, 6.07) is 0. The van der Waals surface area contributed by atoms with Crippen molar-refractivity contribution >= 4 is 29.9 Å². The van der Waals surface area contributed by atoms with Crippen LogP contribution in [0.2, 0.25) is 0 Å². The molecule has 24 heavy (non-hydrogen) atoms. The monoisotopic (exact) mass is 453 g/mol. The summed E-state index contributed by atoms with van der Waals surface area (Å²) in [5.74, 6) is 0.826. The van der Waals surface area contributed by atoms with Crippen molar-refractivity contribution in [3.63, 3.8) is 0 Å². The molecule has 1 rings (SSSR count). The lowest BCUT2D eigenvalue weighted by Crippen LogP contribution is -2.38. The lowest BCUT2D eigenvalue weighted by atomic mass is 10.2. The molecule has 0 spiro atoms. The number of aryl methyl sites for hydroxylation is 1. The number of guanidine groups is 1. The number of hydrogen-bond donors (Lipinski definition) is 2. The number of ether oxygens (including phenoxy) is 2. The highest BCUT2D eigenvalue weighted by Crippen LogP contribution is 2.14. The van der Waals surface area contributed by atoms with Crippen LogP contribution in [-0.2, 0) is 22.6 Å². The maximum Gasteiger partial charge on any atom is 0.191 e. The van der Waals surface area contributed by atoms with Gasteiger partial charge in [-0.1, -0.05) is 0 Å². The Morgan fingerprint density at radius 3 is 2.50 bits per heavy atom. The van der Waals surface area contributed by atoms with E-state index in [4.69, 9.17) is 9.47 Å². The summed E-state index contributed by atoms with van der Waals surface area (Å²) in [6.07, 6.45) is 0.952. The molecule has 0 atom stereocenters. The van der Waals surface area contributed by atoms with Gasteiger partial charge in [-0.25, -0.2) is 4.99 Å². The van der Waals surface area contributed by atoms with Crippen molar-refractivity contribution in [2.75, 3.05) is 40.5 Å². The number of methoxy groups -OCH3 is 2. The second-order valence-electron chi connectivity index (χ2n) is 5.33. The maximum atomic E-state index is 5.13.